The van der Waals surface area contributed by atoms with Crippen LogP contribution in [-0.4, -0.2) is 73.0 Å². The van der Waals surface area contributed by atoms with Crippen molar-refractivity contribution in [3.05, 3.63) is 54.5 Å². The molecule has 0 radical (unpaired) electrons. The Morgan fingerprint density at radius 2 is 1.85 bits per heavy atom. The number of aromatic amines is 1. The fraction of sp³-hybridized carbons (Fsp3) is 0.391. The Bertz CT molecular complexity index is 1250. The van der Waals surface area contributed by atoms with Crippen molar-refractivity contribution in [1.29, 1.82) is 0 Å². The van der Waals surface area contributed by atoms with Gasteiger partial charge in [0.25, 0.3) is 10.0 Å². The van der Waals surface area contributed by atoms with Gasteiger partial charge in [-0.05, 0) is 43.2 Å². The average molecular weight is 488 g/mol. The van der Waals surface area contributed by atoms with Crippen LogP contribution in [0.2, 0.25) is 0 Å². The number of sulfonamides is 1. The van der Waals surface area contributed by atoms with Crippen LogP contribution in [0, 0.1) is 11.7 Å². The number of carbonyl (C=O) groups is 1. The number of para-hydroxylation sites is 1. The third-order valence-corrected chi connectivity index (χ3v) is 8.20. The summed E-state index contributed by atoms with van der Waals surface area (Å²) in [5.74, 6) is -0.353. The normalized spacial score (nSPS) is 20.0. The van der Waals surface area contributed by atoms with Gasteiger partial charge in [0.15, 0.2) is 5.76 Å². The first-order chi connectivity index (χ1) is 16.4. The molecule has 34 heavy (non-hydrogen) atoms. The number of hydrogen-bond acceptors (Lipinski definition) is 6. The molecule has 3 aromatic rings. The van der Waals surface area contributed by atoms with Gasteiger partial charge in [0, 0.05) is 45.5 Å². The van der Waals surface area contributed by atoms with Crippen molar-refractivity contribution < 1.29 is 22.0 Å². The van der Waals surface area contributed by atoms with E-state index in [9.17, 15) is 17.6 Å². The molecule has 2 aliphatic rings. The van der Waals surface area contributed by atoms with Crippen molar-refractivity contribution >= 4 is 21.6 Å². The van der Waals surface area contributed by atoms with Crippen LogP contribution in [0.25, 0.3) is 11.5 Å². The van der Waals surface area contributed by atoms with Gasteiger partial charge in [0.2, 0.25) is 11.0 Å². The van der Waals surface area contributed by atoms with Crippen molar-refractivity contribution in [3.63, 3.8) is 0 Å². The summed E-state index contributed by atoms with van der Waals surface area (Å²) in [6.45, 7) is 2.47. The summed E-state index contributed by atoms with van der Waals surface area (Å²) in [6.07, 6.45) is 2.79. The lowest BCUT2D eigenvalue weighted by Crippen LogP contribution is -2.53. The van der Waals surface area contributed by atoms with Crippen molar-refractivity contribution in [2.45, 2.75) is 17.9 Å². The summed E-state index contributed by atoms with van der Waals surface area (Å²) < 4.78 is 47.4. The average Bonchev–Trinajstić information content (AvgIpc) is 3.57. The smallest absolute Gasteiger partial charge is 0.276 e. The Morgan fingerprint density at radius 1 is 1.06 bits per heavy atom. The van der Waals surface area contributed by atoms with E-state index in [1.54, 1.807) is 41.4 Å². The van der Waals surface area contributed by atoms with Crippen LogP contribution in [0.3, 0.4) is 0 Å². The molecule has 2 aromatic heterocycles. The number of nitrogens with one attached hydrogen (secondary N) is 1. The summed E-state index contributed by atoms with van der Waals surface area (Å²) in [6, 6.07) is 11.3. The molecular weight excluding hydrogens is 461 g/mol. The number of furan rings is 1. The molecule has 9 nitrogen and oxygen atoms in total. The van der Waals surface area contributed by atoms with Gasteiger partial charge >= 0.3 is 0 Å². The Morgan fingerprint density at radius 3 is 2.59 bits per heavy atom. The van der Waals surface area contributed by atoms with Gasteiger partial charge in [0.1, 0.15) is 11.5 Å². The summed E-state index contributed by atoms with van der Waals surface area (Å²) >= 11 is 0. The highest BCUT2D eigenvalue weighted by Gasteiger charge is 2.37. The molecule has 1 amide bonds. The number of anilines is 1. The number of amides is 1. The highest BCUT2D eigenvalue weighted by molar-refractivity contribution is 7.89. The topological polar surface area (TPSA) is 103 Å². The van der Waals surface area contributed by atoms with Gasteiger partial charge in [-0.3, -0.25) is 9.89 Å². The van der Waals surface area contributed by atoms with Crippen LogP contribution in [0.15, 0.2) is 58.2 Å². The Balaban J connectivity index is 1.23. The molecule has 0 unspecified atom stereocenters. The molecule has 1 atom stereocenters. The summed E-state index contributed by atoms with van der Waals surface area (Å²) in [4.78, 5) is 16.9. The summed E-state index contributed by atoms with van der Waals surface area (Å²) in [5.41, 5.74) is 1.13. The van der Waals surface area contributed by atoms with Crippen LogP contribution in [0.5, 0.6) is 0 Å². The maximum absolute atomic E-state index is 14.1. The first kappa shape index (κ1) is 22.6. The highest BCUT2D eigenvalue weighted by Crippen LogP contribution is 2.29. The quantitative estimate of drug-likeness (QED) is 0.594. The first-order valence-corrected chi connectivity index (χ1v) is 12.8. The maximum atomic E-state index is 14.1. The number of H-pyrrole nitrogens is 1. The van der Waals surface area contributed by atoms with Crippen LogP contribution in [-0.2, 0) is 14.8 Å². The van der Waals surface area contributed by atoms with E-state index in [1.807, 2.05) is 4.90 Å². The first-order valence-electron chi connectivity index (χ1n) is 11.3. The third-order valence-electron chi connectivity index (χ3n) is 6.46. The fourth-order valence-corrected chi connectivity index (χ4v) is 6.06. The molecule has 0 bridgehead atoms. The summed E-state index contributed by atoms with van der Waals surface area (Å²) in [5, 5.41) is 6.45. The fourth-order valence-electron chi connectivity index (χ4n) is 4.62. The van der Waals surface area contributed by atoms with E-state index in [1.165, 1.54) is 16.4 Å². The molecule has 1 N–H and O–H groups in total. The van der Waals surface area contributed by atoms with E-state index in [-0.39, 0.29) is 23.4 Å². The second-order valence-electron chi connectivity index (χ2n) is 8.55. The second kappa shape index (κ2) is 9.22. The second-order valence-corrected chi connectivity index (χ2v) is 10.4. The molecule has 0 aliphatic carbocycles. The largest absolute Gasteiger partial charge is 0.442 e. The molecule has 2 saturated heterocycles. The number of hydrogen-bond donors (Lipinski definition) is 1. The zero-order valence-corrected chi connectivity index (χ0v) is 19.4. The lowest BCUT2D eigenvalue weighted by atomic mass is 9.97. The molecule has 2 fully saturated rings. The number of piperazine rings is 1. The Labute approximate surface area is 197 Å². The number of carbonyl (C=O) groups excluding carboxylic acids is 1. The molecule has 180 valence electrons. The number of nitrogens with zero attached hydrogens (tertiary/aromatic N) is 4. The lowest BCUT2D eigenvalue weighted by molar-refractivity contribution is -0.137. The minimum absolute atomic E-state index is 0.0503. The molecule has 2 aliphatic heterocycles. The Kier molecular flexibility index (Phi) is 6.13. The number of halogens is 1. The van der Waals surface area contributed by atoms with Crippen LogP contribution in [0.4, 0.5) is 10.1 Å². The van der Waals surface area contributed by atoms with Crippen LogP contribution >= 0.6 is 0 Å². The zero-order valence-electron chi connectivity index (χ0n) is 18.6. The maximum Gasteiger partial charge on any atom is 0.276 e. The van der Waals surface area contributed by atoms with E-state index < -0.39 is 15.9 Å². The highest BCUT2D eigenvalue weighted by atomic mass is 32.2. The number of rotatable bonds is 5. The summed E-state index contributed by atoms with van der Waals surface area (Å²) in [7, 11) is -3.87. The van der Waals surface area contributed by atoms with Crippen LogP contribution < -0.4 is 4.90 Å². The number of aromatic nitrogens is 2. The molecule has 0 spiro atoms. The SMILES string of the molecule is O=C([C@H]1CCCN(S(=O)(=O)c2ccc(-c3ccn[nH]3)o2)C1)N1CCN(c2ccccc2F)CC1. The van der Waals surface area contributed by atoms with Gasteiger partial charge in [-0.1, -0.05) is 12.1 Å². The van der Waals surface area contributed by atoms with Crippen molar-refractivity contribution in [2.75, 3.05) is 44.2 Å². The Hall–Kier alpha value is -3.18. The predicted molar refractivity (Wildman–Crippen MR) is 123 cm³/mol. The lowest BCUT2D eigenvalue weighted by Gasteiger charge is -2.39. The van der Waals surface area contributed by atoms with Crippen LogP contribution in [0.1, 0.15) is 12.8 Å². The molecular formula is C23H26FN5O4S. The molecule has 0 saturated carbocycles. The minimum Gasteiger partial charge on any atom is -0.442 e. The van der Waals surface area contributed by atoms with Crippen molar-refractivity contribution in [2.24, 2.45) is 5.92 Å². The van der Waals surface area contributed by atoms with Gasteiger partial charge in [-0.25, -0.2) is 12.8 Å². The zero-order chi connectivity index (χ0) is 23.7. The van der Waals surface area contributed by atoms with Crippen molar-refractivity contribution in [1.82, 2.24) is 19.4 Å². The minimum atomic E-state index is -3.87. The third kappa shape index (κ3) is 4.32. The predicted octanol–water partition coefficient (Wildman–Crippen LogP) is 2.56. The van der Waals surface area contributed by atoms with Gasteiger partial charge in [-0.15, -0.1) is 0 Å². The van der Waals surface area contributed by atoms with E-state index in [4.69, 9.17) is 4.42 Å². The van der Waals surface area contributed by atoms with Gasteiger partial charge in [-0.2, -0.15) is 9.40 Å². The molecule has 4 heterocycles. The van der Waals surface area contributed by atoms with E-state index in [2.05, 4.69) is 10.2 Å². The number of piperidine rings is 1. The van der Waals surface area contributed by atoms with Gasteiger partial charge < -0.3 is 14.2 Å². The monoisotopic (exact) mass is 487 g/mol. The van der Waals surface area contributed by atoms with Crippen molar-refractivity contribution in [3.8, 4) is 11.5 Å². The molecule has 1 aromatic carbocycles. The van der Waals surface area contributed by atoms with E-state index >= 15 is 0 Å². The van der Waals surface area contributed by atoms with E-state index in [0.29, 0.717) is 62.7 Å². The van der Waals surface area contributed by atoms with E-state index in [0.717, 1.165) is 0 Å². The standard InChI is InChI=1S/C23H26FN5O4S/c24-18-5-1-2-6-20(18)27-12-14-28(15-13-27)23(30)17-4-3-11-29(16-17)34(31,32)22-8-7-21(33-22)19-9-10-25-26-19/h1-2,5-10,17H,3-4,11-16H2,(H,25,26)/t17-/m0/s1. The van der Waals surface area contributed by atoms with Gasteiger partial charge in [0.05, 0.1) is 11.6 Å². The molecule has 11 heteroatoms. The molecule has 5 rings (SSSR count). The number of benzene rings is 1.